The van der Waals surface area contributed by atoms with Crippen molar-refractivity contribution in [1.29, 1.82) is 0 Å². The number of benzene rings is 1. The number of nitrogens with zero attached hydrogens (tertiary/aromatic N) is 2. The summed E-state index contributed by atoms with van der Waals surface area (Å²) < 4.78 is 5.32. The lowest BCUT2D eigenvalue weighted by Gasteiger charge is -2.22. The van der Waals surface area contributed by atoms with Crippen LogP contribution in [0.3, 0.4) is 0 Å². The molecule has 1 heterocycles. The maximum absolute atomic E-state index is 5.32. The van der Waals surface area contributed by atoms with Gasteiger partial charge in [0.2, 0.25) is 0 Å². The molecule has 0 radical (unpaired) electrons. The molecular formula is C18H24N2O. The van der Waals surface area contributed by atoms with E-state index in [4.69, 9.17) is 4.52 Å². The molecule has 0 N–H and O–H groups in total. The highest BCUT2D eigenvalue weighted by Crippen LogP contribution is 2.45. The maximum Gasteiger partial charge on any atom is 0.147 e. The van der Waals surface area contributed by atoms with Crippen LogP contribution < -0.4 is 4.90 Å². The Morgan fingerprint density at radius 1 is 1.29 bits per heavy atom. The SMILES string of the molecule is CCN(CC)c1conc1C1Cc2cc(C)ccc2C1C. The second-order valence-electron chi connectivity index (χ2n) is 6.06. The van der Waals surface area contributed by atoms with Gasteiger partial charge in [-0.15, -0.1) is 0 Å². The molecule has 2 aromatic rings. The van der Waals surface area contributed by atoms with Gasteiger partial charge in [0.1, 0.15) is 17.6 Å². The van der Waals surface area contributed by atoms with Gasteiger partial charge in [0, 0.05) is 19.0 Å². The van der Waals surface area contributed by atoms with E-state index in [2.05, 4.69) is 56.0 Å². The number of aromatic nitrogens is 1. The van der Waals surface area contributed by atoms with Gasteiger partial charge in [0.15, 0.2) is 0 Å². The molecule has 0 fully saturated rings. The van der Waals surface area contributed by atoms with Crippen LogP contribution in [-0.2, 0) is 6.42 Å². The van der Waals surface area contributed by atoms with E-state index in [-0.39, 0.29) is 0 Å². The lowest BCUT2D eigenvalue weighted by atomic mass is 9.91. The molecule has 3 nitrogen and oxygen atoms in total. The summed E-state index contributed by atoms with van der Waals surface area (Å²) in [7, 11) is 0. The number of fused-ring (bicyclic) bond motifs is 1. The summed E-state index contributed by atoms with van der Waals surface area (Å²) in [6, 6.07) is 6.82. The molecule has 1 aliphatic rings. The van der Waals surface area contributed by atoms with Crippen molar-refractivity contribution in [1.82, 2.24) is 5.16 Å². The molecule has 1 aromatic carbocycles. The van der Waals surface area contributed by atoms with E-state index in [1.54, 1.807) is 0 Å². The van der Waals surface area contributed by atoms with Crippen LogP contribution in [0.5, 0.6) is 0 Å². The summed E-state index contributed by atoms with van der Waals surface area (Å²) in [6.07, 6.45) is 2.88. The Morgan fingerprint density at radius 2 is 2.05 bits per heavy atom. The van der Waals surface area contributed by atoms with Crippen LogP contribution in [0, 0.1) is 6.92 Å². The Morgan fingerprint density at radius 3 is 2.76 bits per heavy atom. The van der Waals surface area contributed by atoms with Gasteiger partial charge in [-0.25, -0.2) is 0 Å². The van der Waals surface area contributed by atoms with Crippen molar-refractivity contribution >= 4 is 5.69 Å². The van der Waals surface area contributed by atoms with Gasteiger partial charge in [-0.3, -0.25) is 0 Å². The summed E-state index contributed by atoms with van der Waals surface area (Å²) >= 11 is 0. The third-order valence-corrected chi connectivity index (χ3v) is 4.87. The molecule has 0 saturated heterocycles. The molecule has 1 aliphatic carbocycles. The van der Waals surface area contributed by atoms with Crippen LogP contribution in [0.15, 0.2) is 29.0 Å². The van der Waals surface area contributed by atoms with Gasteiger partial charge in [0.05, 0.1) is 0 Å². The molecule has 2 unspecified atom stereocenters. The standard InChI is InChI=1S/C18H24N2O/c1-5-20(6-2)17-11-21-19-18(17)16-10-14-9-12(3)7-8-15(14)13(16)4/h7-9,11,13,16H,5-6,10H2,1-4H3. The highest BCUT2D eigenvalue weighted by Gasteiger charge is 2.34. The van der Waals surface area contributed by atoms with E-state index in [9.17, 15) is 0 Å². The van der Waals surface area contributed by atoms with Crippen LogP contribution in [0.25, 0.3) is 0 Å². The third kappa shape index (κ3) is 2.35. The van der Waals surface area contributed by atoms with Crippen molar-refractivity contribution in [2.75, 3.05) is 18.0 Å². The molecule has 0 aliphatic heterocycles. The molecule has 21 heavy (non-hydrogen) atoms. The fourth-order valence-electron chi connectivity index (χ4n) is 3.62. The Bertz CT molecular complexity index is 628. The van der Waals surface area contributed by atoms with Gasteiger partial charge in [-0.1, -0.05) is 35.8 Å². The van der Waals surface area contributed by atoms with Crippen LogP contribution in [-0.4, -0.2) is 18.2 Å². The highest BCUT2D eigenvalue weighted by atomic mass is 16.5. The van der Waals surface area contributed by atoms with Crippen molar-refractivity contribution in [3.05, 3.63) is 46.8 Å². The zero-order valence-corrected chi connectivity index (χ0v) is 13.4. The minimum atomic E-state index is 0.427. The lowest BCUT2D eigenvalue weighted by molar-refractivity contribution is 0.401. The second kappa shape index (κ2) is 5.55. The van der Waals surface area contributed by atoms with Crippen LogP contribution in [0.2, 0.25) is 0 Å². The first kappa shape index (κ1) is 14.2. The largest absolute Gasteiger partial charge is 0.368 e. The molecular weight excluding hydrogens is 260 g/mol. The molecule has 2 atom stereocenters. The fraction of sp³-hybridized carbons (Fsp3) is 0.500. The Hall–Kier alpha value is -1.77. The Labute approximate surface area is 126 Å². The van der Waals surface area contributed by atoms with Gasteiger partial charge in [-0.2, -0.15) is 0 Å². The van der Waals surface area contributed by atoms with E-state index in [1.807, 2.05) is 6.26 Å². The number of rotatable bonds is 4. The van der Waals surface area contributed by atoms with E-state index in [1.165, 1.54) is 22.4 Å². The minimum Gasteiger partial charge on any atom is -0.368 e. The first-order valence-corrected chi connectivity index (χ1v) is 7.94. The minimum absolute atomic E-state index is 0.427. The van der Waals surface area contributed by atoms with E-state index in [0.717, 1.165) is 25.2 Å². The topological polar surface area (TPSA) is 29.3 Å². The molecule has 1 aromatic heterocycles. The molecule has 0 bridgehead atoms. The quantitative estimate of drug-likeness (QED) is 0.839. The zero-order chi connectivity index (χ0) is 15.0. The van der Waals surface area contributed by atoms with Crippen molar-refractivity contribution in [3.63, 3.8) is 0 Å². The summed E-state index contributed by atoms with van der Waals surface area (Å²) in [4.78, 5) is 2.33. The summed E-state index contributed by atoms with van der Waals surface area (Å²) in [5, 5.41) is 4.35. The number of hydrogen-bond acceptors (Lipinski definition) is 3. The summed E-state index contributed by atoms with van der Waals surface area (Å²) in [6.45, 7) is 10.8. The molecule has 3 heteroatoms. The van der Waals surface area contributed by atoms with Crippen LogP contribution >= 0.6 is 0 Å². The normalized spacial score (nSPS) is 20.6. The molecule has 0 spiro atoms. The predicted octanol–water partition coefficient (Wildman–Crippen LogP) is 4.27. The van der Waals surface area contributed by atoms with Crippen LogP contribution in [0.1, 0.15) is 55.0 Å². The third-order valence-electron chi connectivity index (χ3n) is 4.87. The number of anilines is 1. The van der Waals surface area contributed by atoms with Crippen LogP contribution in [0.4, 0.5) is 5.69 Å². The molecule has 112 valence electrons. The van der Waals surface area contributed by atoms with Gasteiger partial charge in [-0.05, 0) is 44.2 Å². The number of aryl methyl sites for hydroxylation is 1. The number of hydrogen-bond donors (Lipinski definition) is 0. The van der Waals surface area contributed by atoms with Gasteiger partial charge >= 0.3 is 0 Å². The predicted molar refractivity (Wildman–Crippen MR) is 86.1 cm³/mol. The van der Waals surface area contributed by atoms with Gasteiger partial charge < -0.3 is 9.42 Å². The van der Waals surface area contributed by atoms with Gasteiger partial charge in [0.25, 0.3) is 0 Å². The van der Waals surface area contributed by atoms with E-state index >= 15 is 0 Å². The van der Waals surface area contributed by atoms with Crippen molar-refractivity contribution in [2.45, 2.75) is 46.0 Å². The van der Waals surface area contributed by atoms with Crippen molar-refractivity contribution in [2.24, 2.45) is 0 Å². The van der Waals surface area contributed by atoms with E-state index in [0.29, 0.717) is 11.8 Å². The van der Waals surface area contributed by atoms with Crippen molar-refractivity contribution < 1.29 is 4.52 Å². The van der Waals surface area contributed by atoms with E-state index < -0.39 is 0 Å². The first-order chi connectivity index (χ1) is 10.2. The second-order valence-corrected chi connectivity index (χ2v) is 6.06. The first-order valence-electron chi connectivity index (χ1n) is 7.94. The average molecular weight is 284 g/mol. The Kier molecular flexibility index (Phi) is 3.75. The monoisotopic (exact) mass is 284 g/mol. The molecule has 0 saturated carbocycles. The summed E-state index contributed by atoms with van der Waals surface area (Å²) in [5.74, 6) is 0.927. The maximum atomic E-state index is 5.32. The fourth-order valence-corrected chi connectivity index (χ4v) is 3.62. The highest BCUT2D eigenvalue weighted by molar-refractivity contribution is 5.53. The molecule has 0 amide bonds. The average Bonchev–Trinajstić information content (AvgIpc) is 3.05. The van der Waals surface area contributed by atoms with Crippen molar-refractivity contribution in [3.8, 4) is 0 Å². The smallest absolute Gasteiger partial charge is 0.147 e. The Balaban J connectivity index is 1.95. The molecule has 3 rings (SSSR count). The zero-order valence-electron chi connectivity index (χ0n) is 13.4. The lowest BCUT2D eigenvalue weighted by Crippen LogP contribution is -2.23. The summed E-state index contributed by atoms with van der Waals surface area (Å²) in [5.41, 5.74) is 6.58.